The van der Waals surface area contributed by atoms with Gasteiger partial charge in [0.2, 0.25) is 5.91 Å². The molecule has 2 atom stereocenters. The first-order chi connectivity index (χ1) is 10.2. The van der Waals surface area contributed by atoms with Gasteiger partial charge in [-0.2, -0.15) is 0 Å². The van der Waals surface area contributed by atoms with Crippen molar-refractivity contribution < 1.29 is 4.79 Å². The molecule has 3 nitrogen and oxygen atoms in total. The Hall–Kier alpha value is -1.61. The Labute approximate surface area is 126 Å². The molecule has 3 rings (SSSR count). The van der Waals surface area contributed by atoms with Gasteiger partial charge in [0, 0.05) is 12.0 Å². The summed E-state index contributed by atoms with van der Waals surface area (Å²) in [6.07, 6.45) is 8.82. The van der Waals surface area contributed by atoms with Crippen LogP contribution in [-0.2, 0) is 4.79 Å². The van der Waals surface area contributed by atoms with Crippen molar-refractivity contribution in [2.24, 2.45) is 11.7 Å². The summed E-state index contributed by atoms with van der Waals surface area (Å²) in [5.74, 6) is 0.574. The molecule has 2 aliphatic rings. The third-order valence-corrected chi connectivity index (χ3v) is 4.98. The quantitative estimate of drug-likeness (QED) is 0.867. The van der Waals surface area contributed by atoms with E-state index in [1.165, 1.54) is 12.0 Å². The molecule has 1 saturated heterocycles. The number of carbonyl (C=O) groups is 1. The smallest absolute Gasteiger partial charge is 0.220 e. The molecule has 1 fully saturated rings. The van der Waals surface area contributed by atoms with Crippen LogP contribution in [-0.4, -0.2) is 29.9 Å². The number of benzene rings is 1. The van der Waals surface area contributed by atoms with Crippen LogP contribution < -0.4 is 5.73 Å². The van der Waals surface area contributed by atoms with Crippen LogP contribution in [0.3, 0.4) is 0 Å². The fourth-order valence-electron chi connectivity index (χ4n) is 3.65. The molecule has 112 valence electrons. The Kier molecular flexibility index (Phi) is 4.39. The summed E-state index contributed by atoms with van der Waals surface area (Å²) >= 11 is 0. The van der Waals surface area contributed by atoms with E-state index in [1.807, 2.05) is 0 Å². The van der Waals surface area contributed by atoms with E-state index in [0.29, 0.717) is 12.0 Å². The minimum atomic E-state index is -0.129. The maximum Gasteiger partial charge on any atom is 0.220 e. The van der Waals surface area contributed by atoms with Gasteiger partial charge in [-0.15, -0.1) is 0 Å². The number of allylic oxidation sites excluding steroid dienone is 1. The van der Waals surface area contributed by atoms with Gasteiger partial charge in [0.15, 0.2) is 0 Å². The molecule has 0 saturated carbocycles. The molecule has 0 aromatic heterocycles. The van der Waals surface area contributed by atoms with Crippen molar-refractivity contribution in [1.29, 1.82) is 0 Å². The van der Waals surface area contributed by atoms with Crippen LogP contribution >= 0.6 is 0 Å². The van der Waals surface area contributed by atoms with Crippen molar-refractivity contribution in [3.63, 3.8) is 0 Å². The van der Waals surface area contributed by atoms with E-state index in [1.54, 1.807) is 0 Å². The summed E-state index contributed by atoms with van der Waals surface area (Å²) in [5.41, 5.74) is 6.86. The van der Waals surface area contributed by atoms with E-state index >= 15 is 0 Å². The monoisotopic (exact) mass is 284 g/mol. The van der Waals surface area contributed by atoms with Crippen molar-refractivity contribution in [3.05, 3.63) is 48.0 Å². The van der Waals surface area contributed by atoms with Crippen molar-refractivity contribution in [2.75, 3.05) is 13.1 Å². The number of rotatable bonds is 3. The summed E-state index contributed by atoms with van der Waals surface area (Å²) in [4.78, 5) is 13.8. The van der Waals surface area contributed by atoms with Gasteiger partial charge in [0.1, 0.15) is 0 Å². The molecular formula is C18H24N2O. The summed E-state index contributed by atoms with van der Waals surface area (Å²) in [5, 5.41) is 0. The predicted molar refractivity (Wildman–Crippen MR) is 84.8 cm³/mol. The zero-order valence-electron chi connectivity index (χ0n) is 12.4. The Morgan fingerprint density at radius 3 is 2.52 bits per heavy atom. The van der Waals surface area contributed by atoms with Crippen molar-refractivity contribution in [2.45, 2.75) is 37.6 Å². The number of primary amides is 1. The number of nitrogens with zero attached hydrogens (tertiary/aromatic N) is 1. The SMILES string of the molecule is NC(=O)C1CCN(C2C=CCC(c3ccccc3)C2)CC1. The fourth-order valence-corrected chi connectivity index (χ4v) is 3.65. The molecule has 0 spiro atoms. The highest BCUT2D eigenvalue weighted by atomic mass is 16.1. The zero-order chi connectivity index (χ0) is 14.7. The zero-order valence-corrected chi connectivity index (χ0v) is 12.4. The number of likely N-dealkylation sites (tertiary alicyclic amines) is 1. The molecule has 21 heavy (non-hydrogen) atoms. The lowest BCUT2D eigenvalue weighted by molar-refractivity contribution is -0.123. The van der Waals surface area contributed by atoms with Crippen LogP contribution in [0.1, 0.15) is 37.2 Å². The van der Waals surface area contributed by atoms with Gasteiger partial charge in [-0.3, -0.25) is 9.69 Å². The van der Waals surface area contributed by atoms with Crippen LogP contribution in [0, 0.1) is 5.92 Å². The van der Waals surface area contributed by atoms with E-state index in [2.05, 4.69) is 47.4 Å². The van der Waals surface area contributed by atoms with Gasteiger partial charge >= 0.3 is 0 Å². The second-order valence-electron chi connectivity index (χ2n) is 6.29. The maximum atomic E-state index is 11.3. The van der Waals surface area contributed by atoms with Crippen molar-refractivity contribution >= 4 is 5.91 Å². The molecule has 1 aromatic rings. The Morgan fingerprint density at radius 2 is 1.86 bits per heavy atom. The van der Waals surface area contributed by atoms with Crippen molar-refractivity contribution in [3.8, 4) is 0 Å². The average molecular weight is 284 g/mol. The molecule has 3 heteroatoms. The van der Waals surface area contributed by atoms with Crippen LogP contribution in [0.15, 0.2) is 42.5 Å². The molecule has 1 aromatic carbocycles. The number of nitrogens with two attached hydrogens (primary N) is 1. The predicted octanol–water partition coefficient (Wildman–Crippen LogP) is 2.69. The van der Waals surface area contributed by atoms with Gasteiger partial charge in [-0.25, -0.2) is 0 Å². The topological polar surface area (TPSA) is 46.3 Å². The second-order valence-corrected chi connectivity index (χ2v) is 6.29. The van der Waals surface area contributed by atoms with Crippen LogP contribution in [0.2, 0.25) is 0 Å². The van der Waals surface area contributed by atoms with Gasteiger partial charge in [-0.05, 0) is 50.3 Å². The summed E-state index contributed by atoms with van der Waals surface area (Å²) in [7, 11) is 0. The highest BCUT2D eigenvalue weighted by molar-refractivity contribution is 5.76. The second kappa shape index (κ2) is 6.44. The number of amides is 1. The molecule has 2 unspecified atom stereocenters. The average Bonchev–Trinajstić information content (AvgIpc) is 2.56. The first-order valence-electron chi connectivity index (χ1n) is 7.99. The summed E-state index contributed by atoms with van der Waals surface area (Å²) < 4.78 is 0. The van der Waals surface area contributed by atoms with Gasteiger partial charge in [0.05, 0.1) is 0 Å². The molecule has 0 bridgehead atoms. The highest BCUT2D eigenvalue weighted by Crippen LogP contribution is 2.32. The molecule has 1 aliphatic heterocycles. The van der Waals surface area contributed by atoms with E-state index < -0.39 is 0 Å². The summed E-state index contributed by atoms with van der Waals surface area (Å²) in [6, 6.07) is 11.3. The van der Waals surface area contributed by atoms with E-state index in [-0.39, 0.29) is 11.8 Å². The normalized spacial score (nSPS) is 27.6. The van der Waals surface area contributed by atoms with E-state index in [0.717, 1.165) is 32.4 Å². The lowest BCUT2D eigenvalue weighted by Crippen LogP contribution is -2.44. The van der Waals surface area contributed by atoms with Crippen LogP contribution in [0.4, 0.5) is 0 Å². The first-order valence-corrected chi connectivity index (χ1v) is 7.99. The molecule has 2 N–H and O–H groups in total. The van der Waals surface area contributed by atoms with Crippen molar-refractivity contribution in [1.82, 2.24) is 4.90 Å². The molecular weight excluding hydrogens is 260 g/mol. The largest absolute Gasteiger partial charge is 0.369 e. The molecule has 0 radical (unpaired) electrons. The minimum Gasteiger partial charge on any atom is -0.369 e. The number of hydrogen-bond donors (Lipinski definition) is 1. The van der Waals surface area contributed by atoms with Crippen LogP contribution in [0.5, 0.6) is 0 Å². The maximum absolute atomic E-state index is 11.3. The van der Waals surface area contributed by atoms with Gasteiger partial charge < -0.3 is 5.73 Å². The minimum absolute atomic E-state index is 0.0822. The lowest BCUT2D eigenvalue weighted by Gasteiger charge is -2.38. The number of piperidine rings is 1. The third kappa shape index (κ3) is 3.35. The van der Waals surface area contributed by atoms with Crippen LogP contribution in [0.25, 0.3) is 0 Å². The lowest BCUT2D eigenvalue weighted by atomic mass is 9.84. The Morgan fingerprint density at radius 1 is 1.14 bits per heavy atom. The molecule has 1 heterocycles. The first kappa shape index (κ1) is 14.3. The molecule has 1 amide bonds. The summed E-state index contributed by atoms with van der Waals surface area (Å²) in [6.45, 7) is 1.98. The van der Waals surface area contributed by atoms with E-state index in [4.69, 9.17) is 5.73 Å². The third-order valence-electron chi connectivity index (χ3n) is 4.98. The molecule has 1 aliphatic carbocycles. The Balaban J connectivity index is 1.61. The highest BCUT2D eigenvalue weighted by Gasteiger charge is 2.29. The fraction of sp³-hybridized carbons (Fsp3) is 0.500. The van der Waals surface area contributed by atoms with E-state index in [9.17, 15) is 4.79 Å². The van der Waals surface area contributed by atoms with Gasteiger partial charge in [-0.1, -0.05) is 42.5 Å². The standard InChI is InChI=1S/C18H24N2O/c19-18(21)15-9-11-20(12-10-15)17-8-4-7-16(13-17)14-5-2-1-3-6-14/h1-6,8,15-17H,7,9-13H2,(H2,19,21). The number of carbonyl (C=O) groups excluding carboxylic acids is 1. The Bertz CT molecular complexity index is 503. The van der Waals surface area contributed by atoms with Gasteiger partial charge in [0.25, 0.3) is 0 Å². The number of hydrogen-bond acceptors (Lipinski definition) is 2.